The number of carbonyl (C=O) groups is 2. The number of benzene rings is 3. The normalized spacial score (nSPS) is 10.4. The molecule has 1 heterocycles. The number of rotatable bonds is 6. The van der Waals surface area contributed by atoms with Crippen molar-refractivity contribution >= 4 is 34.0 Å². The number of carbonyl (C=O) groups excluding carboxylic acids is 2. The van der Waals surface area contributed by atoms with Gasteiger partial charge in [-0.1, -0.05) is 41.2 Å². The van der Waals surface area contributed by atoms with Crippen molar-refractivity contribution in [1.82, 2.24) is 10.2 Å². The van der Waals surface area contributed by atoms with Gasteiger partial charge in [0, 0.05) is 11.1 Å². The van der Waals surface area contributed by atoms with Gasteiger partial charge >= 0.3 is 0 Å². The number of nitrogens with one attached hydrogen (secondary N) is 2. The minimum atomic E-state index is -0.387. The summed E-state index contributed by atoms with van der Waals surface area (Å²) >= 11 is 1.26. The Hall–Kier alpha value is -4.04. The van der Waals surface area contributed by atoms with Crippen LogP contribution < -0.4 is 15.4 Å². The Morgan fingerprint density at radius 2 is 1.56 bits per heavy atom. The summed E-state index contributed by atoms with van der Waals surface area (Å²) in [6.45, 7) is 1.95. The maximum absolute atomic E-state index is 12.9. The third-order valence-corrected chi connectivity index (χ3v) is 5.60. The van der Waals surface area contributed by atoms with Gasteiger partial charge in [-0.05, 0) is 55.5 Å². The van der Waals surface area contributed by atoms with Crippen LogP contribution >= 0.6 is 11.3 Å². The van der Waals surface area contributed by atoms with E-state index in [0.717, 1.165) is 16.9 Å². The van der Waals surface area contributed by atoms with E-state index in [2.05, 4.69) is 20.8 Å². The second-order valence-electron chi connectivity index (χ2n) is 6.96. The Morgan fingerprint density at radius 3 is 2.28 bits per heavy atom. The molecule has 0 fully saturated rings. The Balaban J connectivity index is 1.49. The van der Waals surface area contributed by atoms with Gasteiger partial charge in [-0.3, -0.25) is 14.9 Å². The first-order valence-electron chi connectivity index (χ1n) is 9.80. The zero-order valence-corrected chi connectivity index (χ0v) is 18.3. The number of aryl methyl sites for hydroxylation is 1. The van der Waals surface area contributed by atoms with Crippen molar-refractivity contribution in [2.24, 2.45) is 0 Å². The molecule has 0 aliphatic carbocycles. The molecule has 32 heavy (non-hydrogen) atoms. The Labute approximate surface area is 189 Å². The number of ether oxygens (including phenoxy) is 1. The van der Waals surface area contributed by atoms with Gasteiger partial charge in [0.2, 0.25) is 5.13 Å². The highest BCUT2D eigenvalue weighted by Crippen LogP contribution is 2.28. The highest BCUT2D eigenvalue weighted by atomic mass is 32.1. The molecule has 0 spiro atoms. The van der Waals surface area contributed by atoms with Gasteiger partial charge in [0.15, 0.2) is 0 Å². The molecule has 4 aromatic rings. The molecular weight excluding hydrogens is 424 g/mol. The van der Waals surface area contributed by atoms with E-state index in [1.807, 2.05) is 43.3 Å². The SMILES string of the molecule is COc1ccc(-c2nnc(NC(=O)c3ccccc3NC(=O)c3ccc(C)cc3)s2)cc1. The lowest BCUT2D eigenvalue weighted by molar-refractivity contribution is 0.102. The standard InChI is InChI=1S/C24H20N4O3S/c1-15-7-9-16(10-8-15)21(29)25-20-6-4-3-5-19(20)22(30)26-24-28-27-23(32-24)17-11-13-18(31-2)14-12-17/h3-14H,1-2H3,(H,25,29)(H,26,28,30). The number of para-hydroxylation sites is 1. The quantitative estimate of drug-likeness (QED) is 0.435. The van der Waals surface area contributed by atoms with Crippen LogP contribution in [0.5, 0.6) is 5.75 Å². The molecule has 2 amide bonds. The summed E-state index contributed by atoms with van der Waals surface area (Å²) < 4.78 is 5.16. The molecule has 0 unspecified atom stereocenters. The number of nitrogens with zero attached hydrogens (tertiary/aromatic N) is 2. The molecule has 160 valence electrons. The molecule has 7 nitrogen and oxygen atoms in total. The van der Waals surface area contributed by atoms with Gasteiger partial charge in [0.05, 0.1) is 18.4 Å². The molecule has 0 saturated carbocycles. The van der Waals surface area contributed by atoms with Crippen molar-refractivity contribution in [3.05, 3.63) is 89.5 Å². The lowest BCUT2D eigenvalue weighted by atomic mass is 10.1. The van der Waals surface area contributed by atoms with Crippen molar-refractivity contribution in [2.45, 2.75) is 6.92 Å². The molecule has 1 aromatic heterocycles. The van der Waals surface area contributed by atoms with Gasteiger partial charge in [-0.2, -0.15) is 0 Å². The smallest absolute Gasteiger partial charge is 0.259 e. The molecule has 0 saturated heterocycles. The summed E-state index contributed by atoms with van der Waals surface area (Å²) in [6.07, 6.45) is 0. The van der Waals surface area contributed by atoms with Crippen LogP contribution in [0.15, 0.2) is 72.8 Å². The van der Waals surface area contributed by atoms with E-state index in [4.69, 9.17) is 4.74 Å². The van der Waals surface area contributed by atoms with E-state index in [0.29, 0.717) is 27.0 Å². The molecule has 2 N–H and O–H groups in total. The lowest BCUT2D eigenvalue weighted by Crippen LogP contribution is -2.18. The third-order valence-electron chi connectivity index (χ3n) is 4.72. The number of methoxy groups -OCH3 is 1. The van der Waals surface area contributed by atoms with Crippen molar-refractivity contribution < 1.29 is 14.3 Å². The van der Waals surface area contributed by atoms with Gasteiger partial charge in [-0.15, -0.1) is 10.2 Å². The summed E-state index contributed by atoms with van der Waals surface area (Å²) in [6, 6.07) is 21.5. The molecule has 0 aliphatic rings. The Bertz CT molecular complexity index is 1250. The molecular formula is C24H20N4O3S. The van der Waals surface area contributed by atoms with E-state index >= 15 is 0 Å². The van der Waals surface area contributed by atoms with E-state index < -0.39 is 0 Å². The second kappa shape index (κ2) is 9.40. The summed E-state index contributed by atoms with van der Waals surface area (Å²) in [7, 11) is 1.61. The fourth-order valence-electron chi connectivity index (χ4n) is 2.98. The van der Waals surface area contributed by atoms with Gasteiger partial charge < -0.3 is 10.1 Å². The molecule has 3 aromatic carbocycles. The first-order valence-corrected chi connectivity index (χ1v) is 10.6. The van der Waals surface area contributed by atoms with Crippen LogP contribution in [-0.4, -0.2) is 29.1 Å². The van der Waals surface area contributed by atoms with E-state index in [1.54, 1.807) is 43.5 Å². The maximum Gasteiger partial charge on any atom is 0.259 e. The second-order valence-corrected chi connectivity index (χ2v) is 7.94. The summed E-state index contributed by atoms with van der Waals surface area (Å²) in [5, 5.41) is 14.8. The first-order chi connectivity index (χ1) is 15.5. The Kier molecular flexibility index (Phi) is 6.23. The molecule has 4 rings (SSSR count). The van der Waals surface area contributed by atoms with Gasteiger partial charge in [0.25, 0.3) is 11.8 Å². The van der Waals surface area contributed by atoms with Crippen molar-refractivity contribution in [2.75, 3.05) is 17.7 Å². The molecule has 0 bridgehead atoms. The van der Waals surface area contributed by atoms with Crippen LogP contribution in [0.2, 0.25) is 0 Å². The average molecular weight is 445 g/mol. The zero-order valence-electron chi connectivity index (χ0n) is 17.5. The summed E-state index contributed by atoms with van der Waals surface area (Å²) in [4.78, 5) is 25.5. The van der Waals surface area contributed by atoms with Gasteiger partial charge in [-0.25, -0.2) is 0 Å². The maximum atomic E-state index is 12.9. The van der Waals surface area contributed by atoms with Crippen LogP contribution in [0, 0.1) is 6.92 Å². The summed E-state index contributed by atoms with van der Waals surface area (Å²) in [5.74, 6) is 0.0706. The third kappa shape index (κ3) is 4.81. The van der Waals surface area contributed by atoms with E-state index in [9.17, 15) is 9.59 Å². The predicted octanol–water partition coefficient (Wildman–Crippen LogP) is 5.03. The lowest BCUT2D eigenvalue weighted by Gasteiger charge is -2.10. The Morgan fingerprint density at radius 1 is 0.844 bits per heavy atom. The van der Waals surface area contributed by atoms with Crippen LogP contribution in [-0.2, 0) is 0 Å². The topological polar surface area (TPSA) is 93.2 Å². The molecule has 0 radical (unpaired) electrons. The average Bonchev–Trinajstić information content (AvgIpc) is 3.28. The van der Waals surface area contributed by atoms with Crippen LogP contribution in [0.1, 0.15) is 26.3 Å². The van der Waals surface area contributed by atoms with Crippen molar-refractivity contribution in [3.63, 3.8) is 0 Å². The van der Waals surface area contributed by atoms with Crippen molar-refractivity contribution in [3.8, 4) is 16.3 Å². The zero-order chi connectivity index (χ0) is 22.5. The number of anilines is 2. The van der Waals surface area contributed by atoms with Crippen LogP contribution in [0.25, 0.3) is 10.6 Å². The van der Waals surface area contributed by atoms with Crippen LogP contribution in [0.3, 0.4) is 0 Å². The van der Waals surface area contributed by atoms with Crippen LogP contribution in [0.4, 0.5) is 10.8 Å². The fraction of sp³-hybridized carbons (Fsp3) is 0.0833. The van der Waals surface area contributed by atoms with Crippen molar-refractivity contribution in [1.29, 1.82) is 0 Å². The van der Waals surface area contributed by atoms with E-state index in [-0.39, 0.29) is 11.8 Å². The largest absolute Gasteiger partial charge is 0.497 e. The number of aromatic nitrogens is 2. The molecule has 8 heteroatoms. The first kappa shape index (κ1) is 21.2. The van der Waals surface area contributed by atoms with E-state index in [1.165, 1.54) is 11.3 Å². The monoisotopic (exact) mass is 444 g/mol. The predicted molar refractivity (Wildman–Crippen MR) is 125 cm³/mol. The highest BCUT2D eigenvalue weighted by molar-refractivity contribution is 7.18. The van der Waals surface area contributed by atoms with Gasteiger partial charge in [0.1, 0.15) is 10.8 Å². The minimum absolute atomic E-state index is 0.289. The molecule has 0 aliphatic heterocycles. The number of hydrogen-bond donors (Lipinski definition) is 2. The fourth-order valence-corrected chi connectivity index (χ4v) is 3.72. The minimum Gasteiger partial charge on any atom is -0.497 e. The number of hydrogen-bond acceptors (Lipinski definition) is 6. The highest BCUT2D eigenvalue weighted by Gasteiger charge is 2.16. The molecule has 0 atom stereocenters. The number of amides is 2. The summed E-state index contributed by atoms with van der Waals surface area (Å²) in [5.41, 5.74) is 3.19.